The van der Waals surface area contributed by atoms with Crippen LogP contribution >= 0.6 is 0 Å². The number of rotatable bonds is 8. The van der Waals surface area contributed by atoms with Crippen LogP contribution in [0.15, 0.2) is 24.3 Å². The van der Waals surface area contributed by atoms with E-state index in [2.05, 4.69) is 15.5 Å². The van der Waals surface area contributed by atoms with Crippen LogP contribution in [-0.2, 0) is 14.3 Å². The van der Waals surface area contributed by atoms with Gasteiger partial charge in [0.15, 0.2) is 0 Å². The summed E-state index contributed by atoms with van der Waals surface area (Å²) in [6.45, 7) is 3.30. The van der Waals surface area contributed by atoms with Gasteiger partial charge < -0.3 is 20.3 Å². The highest BCUT2D eigenvalue weighted by molar-refractivity contribution is 6.03. The predicted molar refractivity (Wildman–Crippen MR) is 90.6 cm³/mol. The van der Waals surface area contributed by atoms with Gasteiger partial charge in [-0.1, -0.05) is 0 Å². The second-order valence-electron chi connectivity index (χ2n) is 5.66. The van der Waals surface area contributed by atoms with Crippen LogP contribution in [0.1, 0.15) is 25.7 Å². The van der Waals surface area contributed by atoms with Crippen molar-refractivity contribution in [1.82, 2.24) is 5.32 Å². The molecule has 1 heterocycles. The maximum absolute atomic E-state index is 11.8. The first-order chi connectivity index (χ1) is 11.2. The van der Waals surface area contributed by atoms with Gasteiger partial charge in [0.2, 0.25) is 11.8 Å². The van der Waals surface area contributed by atoms with Crippen molar-refractivity contribution in [3.8, 4) is 0 Å². The number of benzene rings is 1. The monoisotopic (exact) mass is 319 g/mol. The van der Waals surface area contributed by atoms with Crippen molar-refractivity contribution in [2.45, 2.75) is 25.7 Å². The fraction of sp³-hybridized carbons (Fsp3) is 0.529. The molecule has 2 N–H and O–H groups in total. The van der Waals surface area contributed by atoms with Crippen molar-refractivity contribution < 1.29 is 14.3 Å². The third kappa shape index (κ3) is 5.90. The second kappa shape index (κ2) is 9.15. The zero-order valence-corrected chi connectivity index (χ0v) is 13.6. The number of carbonyl (C=O) groups is 2. The Bertz CT molecular complexity index is 510. The number of hydrogen-bond acceptors (Lipinski definition) is 4. The van der Waals surface area contributed by atoms with Gasteiger partial charge in [0.1, 0.15) is 6.42 Å². The molecule has 0 aromatic heterocycles. The second-order valence-corrected chi connectivity index (χ2v) is 5.66. The van der Waals surface area contributed by atoms with Gasteiger partial charge >= 0.3 is 0 Å². The lowest BCUT2D eigenvalue weighted by molar-refractivity contribution is -0.126. The highest BCUT2D eigenvalue weighted by atomic mass is 16.5. The molecule has 1 aliphatic rings. The van der Waals surface area contributed by atoms with E-state index in [1.54, 1.807) is 7.11 Å². The summed E-state index contributed by atoms with van der Waals surface area (Å²) in [6, 6.07) is 7.77. The Morgan fingerprint density at radius 1 is 1.13 bits per heavy atom. The molecule has 2 rings (SSSR count). The number of methoxy groups -OCH3 is 1. The van der Waals surface area contributed by atoms with E-state index in [0.717, 1.165) is 19.5 Å². The van der Waals surface area contributed by atoms with E-state index in [0.29, 0.717) is 18.8 Å². The van der Waals surface area contributed by atoms with Crippen molar-refractivity contribution in [3.05, 3.63) is 24.3 Å². The van der Waals surface area contributed by atoms with Gasteiger partial charge in [0.05, 0.1) is 0 Å². The molecule has 1 fully saturated rings. The zero-order valence-electron chi connectivity index (χ0n) is 13.6. The van der Waals surface area contributed by atoms with Crippen molar-refractivity contribution in [1.29, 1.82) is 0 Å². The summed E-state index contributed by atoms with van der Waals surface area (Å²) in [6.07, 6.45) is 3.04. The van der Waals surface area contributed by atoms with Crippen molar-refractivity contribution in [3.63, 3.8) is 0 Å². The SMILES string of the molecule is COCCCNC(=O)CC(=O)Nc1ccc(N2CCCC2)cc1. The summed E-state index contributed by atoms with van der Waals surface area (Å²) in [5, 5.41) is 5.44. The molecule has 1 aromatic carbocycles. The summed E-state index contributed by atoms with van der Waals surface area (Å²) in [5.41, 5.74) is 1.89. The van der Waals surface area contributed by atoms with Crippen LogP contribution in [0.25, 0.3) is 0 Å². The third-order valence-corrected chi connectivity index (χ3v) is 3.79. The van der Waals surface area contributed by atoms with E-state index in [-0.39, 0.29) is 18.2 Å². The Hall–Kier alpha value is -2.08. The molecule has 23 heavy (non-hydrogen) atoms. The number of anilines is 2. The fourth-order valence-electron chi connectivity index (χ4n) is 2.59. The Kier molecular flexibility index (Phi) is 6.87. The molecule has 126 valence electrons. The van der Waals surface area contributed by atoms with Crippen LogP contribution in [0, 0.1) is 0 Å². The van der Waals surface area contributed by atoms with Gasteiger partial charge in [0, 0.05) is 44.7 Å². The number of nitrogens with zero attached hydrogens (tertiary/aromatic N) is 1. The standard InChI is InChI=1S/C17H25N3O3/c1-23-12-4-9-18-16(21)13-17(22)19-14-5-7-15(8-6-14)20-10-2-3-11-20/h5-8H,2-4,9-13H2,1H3,(H,18,21)(H,19,22). The first-order valence-corrected chi connectivity index (χ1v) is 8.09. The average molecular weight is 319 g/mol. The number of hydrogen-bond donors (Lipinski definition) is 2. The minimum Gasteiger partial charge on any atom is -0.385 e. The first kappa shape index (κ1) is 17.3. The van der Waals surface area contributed by atoms with Crippen molar-refractivity contribution >= 4 is 23.2 Å². The Balaban J connectivity index is 1.73. The van der Waals surface area contributed by atoms with Crippen molar-refractivity contribution in [2.24, 2.45) is 0 Å². The summed E-state index contributed by atoms with van der Waals surface area (Å²) >= 11 is 0. The van der Waals surface area contributed by atoms with Gasteiger partial charge in [-0.25, -0.2) is 0 Å². The van der Waals surface area contributed by atoms with E-state index in [1.165, 1.54) is 18.5 Å². The van der Waals surface area contributed by atoms with Crippen LogP contribution in [0.5, 0.6) is 0 Å². The topological polar surface area (TPSA) is 70.7 Å². The average Bonchev–Trinajstić information content (AvgIpc) is 3.06. The highest BCUT2D eigenvalue weighted by Gasteiger charge is 2.13. The van der Waals surface area contributed by atoms with Gasteiger partial charge in [-0.05, 0) is 43.5 Å². The molecule has 1 saturated heterocycles. The van der Waals surface area contributed by atoms with E-state index >= 15 is 0 Å². The van der Waals surface area contributed by atoms with Gasteiger partial charge in [-0.2, -0.15) is 0 Å². The lowest BCUT2D eigenvalue weighted by atomic mass is 10.2. The minimum atomic E-state index is -0.303. The van der Waals surface area contributed by atoms with E-state index in [1.807, 2.05) is 24.3 Å². The molecule has 0 atom stereocenters. The van der Waals surface area contributed by atoms with Crippen LogP contribution < -0.4 is 15.5 Å². The largest absolute Gasteiger partial charge is 0.385 e. The number of ether oxygens (including phenoxy) is 1. The number of nitrogens with one attached hydrogen (secondary N) is 2. The van der Waals surface area contributed by atoms with E-state index in [4.69, 9.17) is 4.74 Å². The lowest BCUT2D eigenvalue weighted by Crippen LogP contribution is -2.29. The first-order valence-electron chi connectivity index (χ1n) is 8.09. The highest BCUT2D eigenvalue weighted by Crippen LogP contribution is 2.22. The molecule has 6 heteroatoms. The van der Waals surface area contributed by atoms with E-state index < -0.39 is 0 Å². The van der Waals surface area contributed by atoms with Crippen molar-refractivity contribution in [2.75, 3.05) is 43.6 Å². The summed E-state index contributed by atoms with van der Waals surface area (Å²) in [7, 11) is 1.62. The molecule has 0 unspecified atom stereocenters. The third-order valence-electron chi connectivity index (χ3n) is 3.79. The Morgan fingerprint density at radius 2 is 1.83 bits per heavy atom. The molecule has 0 radical (unpaired) electrons. The maximum atomic E-state index is 11.8. The van der Waals surface area contributed by atoms with E-state index in [9.17, 15) is 9.59 Å². The summed E-state index contributed by atoms with van der Waals surface area (Å²) in [4.78, 5) is 25.8. The van der Waals surface area contributed by atoms with Gasteiger partial charge in [-0.15, -0.1) is 0 Å². The number of amides is 2. The van der Waals surface area contributed by atoms with Crippen LogP contribution in [0.2, 0.25) is 0 Å². The van der Waals surface area contributed by atoms with Crippen LogP contribution in [0.4, 0.5) is 11.4 Å². The summed E-state index contributed by atoms with van der Waals surface area (Å²) in [5.74, 6) is -0.574. The molecular weight excluding hydrogens is 294 g/mol. The van der Waals surface area contributed by atoms with Gasteiger partial charge in [0.25, 0.3) is 0 Å². The Labute approximate surface area is 137 Å². The normalized spacial score (nSPS) is 13.9. The smallest absolute Gasteiger partial charge is 0.233 e. The lowest BCUT2D eigenvalue weighted by Gasteiger charge is -2.17. The molecular formula is C17H25N3O3. The quantitative estimate of drug-likeness (QED) is 0.566. The number of carbonyl (C=O) groups excluding carboxylic acids is 2. The predicted octanol–water partition coefficient (Wildman–Crippen LogP) is 1.77. The Morgan fingerprint density at radius 3 is 2.48 bits per heavy atom. The molecule has 0 bridgehead atoms. The molecule has 6 nitrogen and oxygen atoms in total. The fourth-order valence-corrected chi connectivity index (χ4v) is 2.59. The summed E-state index contributed by atoms with van der Waals surface area (Å²) < 4.78 is 4.90. The molecule has 1 aliphatic heterocycles. The molecule has 2 amide bonds. The molecule has 1 aromatic rings. The molecule has 0 saturated carbocycles. The minimum absolute atomic E-state index is 0.166. The van der Waals surface area contributed by atoms with Crippen LogP contribution in [-0.4, -0.2) is 45.2 Å². The molecule has 0 aliphatic carbocycles. The molecule has 0 spiro atoms. The zero-order chi connectivity index (χ0) is 16.5. The maximum Gasteiger partial charge on any atom is 0.233 e. The van der Waals surface area contributed by atoms with Crippen LogP contribution in [0.3, 0.4) is 0 Å². The van der Waals surface area contributed by atoms with Gasteiger partial charge in [-0.3, -0.25) is 9.59 Å².